The van der Waals surface area contributed by atoms with Crippen LogP contribution in [0.15, 0.2) is 11.8 Å². The smallest absolute Gasteiger partial charge is 0.224 e. The number of nitrogens with zero attached hydrogens (tertiary/aromatic N) is 5. The number of fused-ring (bicyclic) bond motifs is 1. The largest absolute Gasteiger partial charge is 0.368 e. The van der Waals surface area contributed by atoms with Gasteiger partial charge in [0.1, 0.15) is 5.52 Å². The maximum Gasteiger partial charge on any atom is 0.224 e. The molecule has 0 saturated carbocycles. The second-order valence-corrected chi connectivity index (χ2v) is 5.48. The highest BCUT2D eigenvalue weighted by Gasteiger charge is 2.13. The summed E-state index contributed by atoms with van der Waals surface area (Å²) in [5.41, 5.74) is 10.1. The first-order valence-electron chi connectivity index (χ1n) is 6.22. The van der Waals surface area contributed by atoms with Crippen molar-refractivity contribution < 1.29 is 0 Å². The Hall–Kier alpha value is -2.22. The summed E-state index contributed by atoms with van der Waals surface area (Å²) in [6.45, 7) is 2.86. The molecule has 3 aromatic rings. The summed E-state index contributed by atoms with van der Waals surface area (Å²) in [5.74, 6) is 1.01. The van der Waals surface area contributed by atoms with Gasteiger partial charge < -0.3 is 15.6 Å². The van der Waals surface area contributed by atoms with Crippen molar-refractivity contribution in [2.45, 2.75) is 13.3 Å². The van der Waals surface area contributed by atoms with Crippen LogP contribution in [0.5, 0.6) is 0 Å². The number of nitrogens with two attached hydrogens (primary N) is 1. The van der Waals surface area contributed by atoms with E-state index in [0.29, 0.717) is 5.65 Å². The minimum absolute atomic E-state index is 0.237. The fourth-order valence-corrected chi connectivity index (χ4v) is 2.82. The normalized spacial score (nSPS) is 11.1. The van der Waals surface area contributed by atoms with Crippen LogP contribution >= 0.6 is 11.3 Å². The number of nitrogens with one attached hydrogen (secondary N) is 1. The predicted molar refractivity (Wildman–Crippen MR) is 79.9 cm³/mol. The molecule has 8 heteroatoms. The van der Waals surface area contributed by atoms with Crippen LogP contribution in [0.25, 0.3) is 11.2 Å². The highest BCUT2D eigenvalue weighted by atomic mass is 32.1. The number of hydrogen-bond acceptors (Lipinski definition) is 7. The standard InChI is InChI=1S/C12H15N7S/c1-7-8(20-6-16-7)3-4-19(2)11-9-10(15-5-14-9)17-12(13)18-11/h5-6H,3-4H2,1-2H3,(H3,13,14,15,17,18). The molecular formula is C12H15N7S. The van der Waals surface area contributed by atoms with Crippen molar-refractivity contribution >= 4 is 34.3 Å². The highest BCUT2D eigenvalue weighted by Crippen LogP contribution is 2.21. The first-order chi connectivity index (χ1) is 9.65. The van der Waals surface area contributed by atoms with E-state index in [9.17, 15) is 0 Å². The Balaban J connectivity index is 1.83. The van der Waals surface area contributed by atoms with Gasteiger partial charge in [0.25, 0.3) is 0 Å². The van der Waals surface area contributed by atoms with Crippen molar-refractivity contribution in [2.75, 3.05) is 24.2 Å². The summed E-state index contributed by atoms with van der Waals surface area (Å²) < 4.78 is 0. The second-order valence-electron chi connectivity index (χ2n) is 4.54. The van der Waals surface area contributed by atoms with E-state index in [2.05, 4.69) is 29.8 Å². The van der Waals surface area contributed by atoms with Crippen LogP contribution in [0.2, 0.25) is 0 Å². The summed E-state index contributed by atoms with van der Waals surface area (Å²) in [4.78, 5) is 23.2. The second kappa shape index (κ2) is 5.04. The number of imidazole rings is 1. The lowest BCUT2D eigenvalue weighted by Crippen LogP contribution is -2.22. The molecule has 104 valence electrons. The van der Waals surface area contributed by atoms with Gasteiger partial charge in [-0.2, -0.15) is 9.97 Å². The summed E-state index contributed by atoms with van der Waals surface area (Å²) in [6, 6.07) is 0. The molecule has 0 spiro atoms. The van der Waals surface area contributed by atoms with E-state index in [1.54, 1.807) is 17.7 Å². The zero-order chi connectivity index (χ0) is 14.1. The topological polar surface area (TPSA) is 96.6 Å². The van der Waals surface area contributed by atoms with E-state index in [0.717, 1.165) is 30.0 Å². The number of likely N-dealkylation sites (N-methyl/N-ethyl adjacent to an activating group) is 1. The molecule has 0 unspecified atom stereocenters. The van der Waals surface area contributed by atoms with Crippen LogP contribution in [0, 0.1) is 6.92 Å². The number of nitrogen functional groups attached to an aromatic ring is 1. The molecule has 3 N–H and O–H groups in total. The molecule has 0 bridgehead atoms. The maximum atomic E-state index is 5.73. The quantitative estimate of drug-likeness (QED) is 0.753. The van der Waals surface area contributed by atoms with E-state index < -0.39 is 0 Å². The summed E-state index contributed by atoms with van der Waals surface area (Å²) in [5, 5.41) is 0. The van der Waals surface area contributed by atoms with Gasteiger partial charge in [-0.25, -0.2) is 9.97 Å². The number of hydrogen-bond donors (Lipinski definition) is 2. The number of H-pyrrole nitrogens is 1. The average Bonchev–Trinajstić information content (AvgIpc) is 3.03. The van der Waals surface area contributed by atoms with E-state index in [-0.39, 0.29) is 5.95 Å². The molecule has 0 aromatic carbocycles. The lowest BCUT2D eigenvalue weighted by molar-refractivity contribution is 0.865. The Morgan fingerprint density at radius 3 is 2.95 bits per heavy atom. The number of aryl methyl sites for hydroxylation is 1. The van der Waals surface area contributed by atoms with Crippen molar-refractivity contribution in [3.05, 3.63) is 22.4 Å². The molecule has 3 rings (SSSR count). The first-order valence-corrected chi connectivity index (χ1v) is 7.10. The van der Waals surface area contributed by atoms with Gasteiger partial charge in [-0.15, -0.1) is 11.3 Å². The molecule has 0 amide bonds. The van der Waals surface area contributed by atoms with Gasteiger partial charge in [-0.1, -0.05) is 0 Å². The third-order valence-electron chi connectivity index (χ3n) is 3.16. The van der Waals surface area contributed by atoms with Crippen LogP contribution in [0.4, 0.5) is 11.8 Å². The lowest BCUT2D eigenvalue weighted by atomic mass is 10.3. The molecule has 3 heterocycles. The molecule has 0 aliphatic heterocycles. The molecule has 0 aliphatic carbocycles. The molecule has 7 nitrogen and oxygen atoms in total. The SMILES string of the molecule is Cc1ncsc1CCN(C)c1nc(N)nc2nc[nH]c12. The molecule has 0 atom stereocenters. The van der Waals surface area contributed by atoms with Gasteiger partial charge >= 0.3 is 0 Å². The zero-order valence-electron chi connectivity index (χ0n) is 11.3. The molecule has 0 aliphatic rings. The molecule has 20 heavy (non-hydrogen) atoms. The molecule has 3 aromatic heterocycles. The third-order valence-corrected chi connectivity index (χ3v) is 4.16. The third kappa shape index (κ3) is 2.29. The molecule has 0 radical (unpaired) electrons. The van der Waals surface area contributed by atoms with Crippen molar-refractivity contribution in [3.63, 3.8) is 0 Å². The fourth-order valence-electron chi connectivity index (χ4n) is 2.05. The van der Waals surface area contributed by atoms with Gasteiger partial charge in [-0.05, 0) is 6.92 Å². The van der Waals surface area contributed by atoms with Gasteiger partial charge in [0, 0.05) is 24.9 Å². The molecule has 0 saturated heterocycles. The summed E-state index contributed by atoms with van der Waals surface area (Å²) in [7, 11) is 1.98. The van der Waals surface area contributed by atoms with Crippen LogP contribution in [-0.4, -0.2) is 38.5 Å². The Labute approximate surface area is 119 Å². The minimum atomic E-state index is 0.237. The minimum Gasteiger partial charge on any atom is -0.368 e. The van der Waals surface area contributed by atoms with E-state index in [1.165, 1.54) is 4.88 Å². The van der Waals surface area contributed by atoms with Crippen LogP contribution < -0.4 is 10.6 Å². The number of anilines is 2. The van der Waals surface area contributed by atoms with Gasteiger partial charge in [0.2, 0.25) is 5.95 Å². The Morgan fingerprint density at radius 2 is 2.20 bits per heavy atom. The van der Waals surface area contributed by atoms with E-state index in [1.807, 2.05) is 19.5 Å². The van der Waals surface area contributed by atoms with Crippen molar-refractivity contribution in [3.8, 4) is 0 Å². The van der Waals surface area contributed by atoms with Crippen LogP contribution in [-0.2, 0) is 6.42 Å². The van der Waals surface area contributed by atoms with E-state index >= 15 is 0 Å². The highest BCUT2D eigenvalue weighted by molar-refractivity contribution is 7.09. The Kier molecular flexibility index (Phi) is 3.23. The Morgan fingerprint density at radius 1 is 1.35 bits per heavy atom. The maximum absolute atomic E-state index is 5.73. The number of thiazole rings is 1. The zero-order valence-corrected chi connectivity index (χ0v) is 12.1. The number of rotatable bonds is 4. The summed E-state index contributed by atoms with van der Waals surface area (Å²) in [6.07, 6.45) is 2.52. The van der Waals surface area contributed by atoms with Crippen molar-refractivity contribution in [1.29, 1.82) is 0 Å². The lowest BCUT2D eigenvalue weighted by Gasteiger charge is -2.18. The van der Waals surface area contributed by atoms with Gasteiger partial charge in [0.05, 0.1) is 17.5 Å². The van der Waals surface area contributed by atoms with Gasteiger partial charge in [-0.3, -0.25) is 0 Å². The fraction of sp³-hybridized carbons (Fsp3) is 0.333. The number of aromatic nitrogens is 5. The van der Waals surface area contributed by atoms with Crippen molar-refractivity contribution in [2.24, 2.45) is 0 Å². The van der Waals surface area contributed by atoms with Gasteiger partial charge in [0.15, 0.2) is 11.5 Å². The average molecular weight is 289 g/mol. The first kappa shape index (κ1) is 12.8. The molecule has 0 fully saturated rings. The van der Waals surface area contributed by atoms with Crippen molar-refractivity contribution in [1.82, 2.24) is 24.9 Å². The van der Waals surface area contributed by atoms with Crippen LogP contribution in [0.1, 0.15) is 10.6 Å². The summed E-state index contributed by atoms with van der Waals surface area (Å²) >= 11 is 1.68. The predicted octanol–water partition coefficient (Wildman–Crippen LogP) is 1.38. The number of aromatic amines is 1. The monoisotopic (exact) mass is 289 g/mol. The van der Waals surface area contributed by atoms with E-state index in [4.69, 9.17) is 5.73 Å². The van der Waals surface area contributed by atoms with Crippen LogP contribution in [0.3, 0.4) is 0 Å². The molecular weight excluding hydrogens is 274 g/mol. The Bertz CT molecular complexity index is 732.